The first kappa shape index (κ1) is 25.3. The number of rotatable bonds is 11. The molecule has 0 N–H and O–H groups in total. The first-order valence-corrected chi connectivity index (χ1v) is 12.0. The fourth-order valence-corrected chi connectivity index (χ4v) is 4.21. The van der Waals surface area contributed by atoms with Gasteiger partial charge in [0, 0.05) is 44.2 Å². The highest BCUT2D eigenvalue weighted by Gasteiger charge is 2.36. The van der Waals surface area contributed by atoms with E-state index in [9.17, 15) is 0 Å². The smallest absolute Gasteiger partial charge is 0.161 e. The fourth-order valence-electron chi connectivity index (χ4n) is 4.03. The Morgan fingerprint density at radius 3 is 2.77 bits per heavy atom. The lowest BCUT2D eigenvalue weighted by atomic mass is 10.1. The van der Waals surface area contributed by atoms with E-state index in [2.05, 4.69) is 16.1 Å². The molecule has 0 amide bonds. The molecule has 1 aliphatic heterocycles. The summed E-state index contributed by atoms with van der Waals surface area (Å²) in [6.45, 7) is 4.76. The second-order valence-corrected chi connectivity index (χ2v) is 8.94. The van der Waals surface area contributed by atoms with Gasteiger partial charge in [-0.25, -0.2) is 0 Å². The summed E-state index contributed by atoms with van der Waals surface area (Å²) in [6, 6.07) is 15.3. The largest absolute Gasteiger partial charge is 0.493 e. The lowest BCUT2D eigenvalue weighted by Gasteiger charge is -2.34. The fraction of sp³-hybridized carbons (Fsp3) is 0.423. The number of benzene rings is 2. The van der Waals surface area contributed by atoms with Gasteiger partial charge in [-0.2, -0.15) is 5.10 Å². The molecular weight excluding hydrogens is 470 g/mol. The lowest BCUT2D eigenvalue weighted by molar-refractivity contribution is -0.0925. The maximum Gasteiger partial charge on any atom is 0.161 e. The van der Waals surface area contributed by atoms with Crippen LogP contribution >= 0.6 is 11.6 Å². The molecule has 0 bridgehead atoms. The Morgan fingerprint density at radius 2 is 2.00 bits per heavy atom. The van der Waals surface area contributed by atoms with E-state index in [0.29, 0.717) is 61.8 Å². The molecule has 9 heteroatoms. The number of hydrogen-bond acceptors (Lipinski definition) is 7. The molecule has 188 valence electrons. The Labute approximate surface area is 211 Å². The molecule has 3 aromatic rings. The van der Waals surface area contributed by atoms with Crippen molar-refractivity contribution in [2.45, 2.75) is 18.7 Å². The molecule has 1 atom stereocenters. The van der Waals surface area contributed by atoms with Crippen molar-refractivity contribution in [3.05, 3.63) is 71.5 Å². The number of methoxy groups -OCH3 is 2. The van der Waals surface area contributed by atoms with Crippen molar-refractivity contribution in [2.75, 3.05) is 53.7 Å². The van der Waals surface area contributed by atoms with Crippen molar-refractivity contribution in [2.24, 2.45) is 0 Å². The van der Waals surface area contributed by atoms with Gasteiger partial charge >= 0.3 is 0 Å². The van der Waals surface area contributed by atoms with Gasteiger partial charge in [-0.15, -0.1) is 0 Å². The SMILES string of the molecule is COc1cc(CN2CCOCC(COc3cccc(Cl)c3)(OC)C2)ccc1OCCn1cccn1. The number of ether oxygens (including phenoxy) is 5. The summed E-state index contributed by atoms with van der Waals surface area (Å²) in [5.74, 6) is 2.12. The molecule has 4 rings (SSSR count). The first-order valence-electron chi connectivity index (χ1n) is 11.6. The third kappa shape index (κ3) is 7.11. The van der Waals surface area contributed by atoms with Crippen LogP contribution in [-0.4, -0.2) is 74.0 Å². The molecule has 0 spiro atoms. The minimum atomic E-state index is -0.599. The van der Waals surface area contributed by atoms with E-state index in [4.69, 9.17) is 35.3 Å². The summed E-state index contributed by atoms with van der Waals surface area (Å²) < 4.78 is 31.2. The molecule has 8 nitrogen and oxygen atoms in total. The summed E-state index contributed by atoms with van der Waals surface area (Å²) in [7, 11) is 3.36. The predicted molar refractivity (Wildman–Crippen MR) is 133 cm³/mol. The summed E-state index contributed by atoms with van der Waals surface area (Å²) in [6.07, 6.45) is 3.67. The molecule has 35 heavy (non-hydrogen) atoms. The normalized spacial score (nSPS) is 18.7. The standard InChI is InChI=1S/C26H32ClN3O5/c1-31-25-15-21(7-8-24(25)34-14-12-30-10-4-9-28-30)17-29-11-13-33-19-26(18-29,32-2)20-35-23-6-3-5-22(27)16-23/h3-10,15-16H,11-14,17-20H2,1-2H3. The second kappa shape index (κ2) is 12.3. The molecule has 0 aliphatic carbocycles. The lowest BCUT2D eigenvalue weighted by Crippen LogP contribution is -2.50. The van der Waals surface area contributed by atoms with Crippen LogP contribution in [0.4, 0.5) is 0 Å². The topological polar surface area (TPSA) is 67.2 Å². The highest BCUT2D eigenvalue weighted by molar-refractivity contribution is 6.30. The van der Waals surface area contributed by atoms with Crippen LogP contribution in [0, 0.1) is 0 Å². The van der Waals surface area contributed by atoms with Gasteiger partial charge in [0.15, 0.2) is 11.5 Å². The van der Waals surface area contributed by atoms with Crippen molar-refractivity contribution in [3.63, 3.8) is 0 Å². The predicted octanol–water partition coefficient (Wildman–Crippen LogP) is 3.92. The van der Waals surface area contributed by atoms with E-state index in [1.54, 1.807) is 26.5 Å². The molecule has 0 radical (unpaired) electrons. The monoisotopic (exact) mass is 501 g/mol. The third-order valence-electron chi connectivity index (χ3n) is 5.93. The van der Waals surface area contributed by atoms with E-state index in [0.717, 1.165) is 18.7 Å². The van der Waals surface area contributed by atoms with E-state index in [-0.39, 0.29) is 0 Å². The van der Waals surface area contributed by atoms with Gasteiger partial charge in [0.25, 0.3) is 0 Å². The molecule has 1 aromatic heterocycles. The average Bonchev–Trinajstić information content (AvgIpc) is 3.31. The van der Waals surface area contributed by atoms with Crippen molar-refractivity contribution >= 4 is 11.6 Å². The number of halogens is 1. The van der Waals surface area contributed by atoms with Gasteiger partial charge in [0.2, 0.25) is 0 Å². The zero-order valence-electron chi connectivity index (χ0n) is 20.2. The van der Waals surface area contributed by atoms with Gasteiger partial charge in [-0.3, -0.25) is 9.58 Å². The summed E-state index contributed by atoms with van der Waals surface area (Å²) in [4.78, 5) is 2.31. The summed E-state index contributed by atoms with van der Waals surface area (Å²) in [5.41, 5.74) is 0.516. The van der Waals surface area contributed by atoms with Crippen LogP contribution < -0.4 is 14.2 Å². The first-order chi connectivity index (χ1) is 17.1. The molecule has 0 saturated carbocycles. The van der Waals surface area contributed by atoms with Gasteiger partial charge < -0.3 is 23.7 Å². The maximum atomic E-state index is 6.09. The number of aromatic nitrogens is 2. The Bertz CT molecular complexity index is 1060. The molecule has 2 aromatic carbocycles. The van der Waals surface area contributed by atoms with Gasteiger partial charge in [-0.1, -0.05) is 23.7 Å². The van der Waals surface area contributed by atoms with Crippen LogP contribution in [0.15, 0.2) is 60.9 Å². The Kier molecular flexibility index (Phi) is 8.87. The Morgan fingerprint density at radius 1 is 1.09 bits per heavy atom. The van der Waals surface area contributed by atoms with Crippen LogP contribution in [0.5, 0.6) is 17.2 Å². The quantitative estimate of drug-likeness (QED) is 0.394. The maximum absolute atomic E-state index is 6.09. The molecule has 1 fully saturated rings. The number of nitrogens with zero attached hydrogens (tertiary/aromatic N) is 3. The molecule has 1 saturated heterocycles. The van der Waals surface area contributed by atoms with E-state index in [1.807, 2.05) is 47.3 Å². The molecule has 1 aliphatic rings. The zero-order valence-corrected chi connectivity index (χ0v) is 20.9. The Hall–Kier alpha value is -2.78. The Balaban J connectivity index is 1.38. The van der Waals surface area contributed by atoms with Crippen LogP contribution in [0.3, 0.4) is 0 Å². The van der Waals surface area contributed by atoms with Gasteiger partial charge in [0.05, 0.1) is 26.9 Å². The van der Waals surface area contributed by atoms with E-state index >= 15 is 0 Å². The minimum Gasteiger partial charge on any atom is -0.493 e. The third-order valence-corrected chi connectivity index (χ3v) is 6.17. The van der Waals surface area contributed by atoms with Crippen molar-refractivity contribution < 1.29 is 23.7 Å². The zero-order chi connectivity index (χ0) is 24.5. The number of hydrogen-bond donors (Lipinski definition) is 0. The van der Waals surface area contributed by atoms with Gasteiger partial charge in [-0.05, 0) is 42.0 Å². The van der Waals surface area contributed by atoms with E-state index in [1.165, 1.54) is 0 Å². The van der Waals surface area contributed by atoms with Crippen LogP contribution in [-0.2, 0) is 22.6 Å². The second-order valence-electron chi connectivity index (χ2n) is 8.50. The van der Waals surface area contributed by atoms with Crippen molar-refractivity contribution in [3.8, 4) is 17.2 Å². The average molecular weight is 502 g/mol. The molecule has 2 heterocycles. The molecule has 1 unspecified atom stereocenters. The van der Waals surface area contributed by atoms with Crippen molar-refractivity contribution in [1.82, 2.24) is 14.7 Å². The minimum absolute atomic E-state index is 0.354. The summed E-state index contributed by atoms with van der Waals surface area (Å²) >= 11 is 6.09. The van der Waals surface area contributed by atoms with Crippen molar-refractivity contribution in [1.29, 1.82) is 0 Å². The van der Waals surface area contributed by atoms with Crippen LogP contribution in [0.1, 0.15) is 5.56 Å². The van der Waals surface area contributed by atoms with E-state index < -0.39 is 5.60 Å². The molecular formula is C26H32ClN3O5. The van der Waals surface area contributed by atoms with Crippen LogP contribution in [0.2, 0.25) is 5.02 Å². The summed E-state index contributed by atoms with van der Waals surface area (Å²) in [5, 5.41) is 4.83. The highest BCUT2D eigenvalue weighted by Crippen LogP contribution is 2.29. The van der Waals surface area contributed by atoms with Gasteiger partial charge in [0.1, 0.15) is 24.6 Å². The van der Waals surface area contributed by atoms with Crippen LogP contribution in [0.25, 0.3) is 0 Å². The highest BCUT2D eigenvalue weighted by atomic mass is 35.5.